The van der Waals surface area contributed by atoms with E-state index < -0.39 is 0 Å². The first kappa shape index (κ1) is 12.0. The van der Waals surface area contributed by atoms with Gasteiger partial charge in [-0.3, -0.25) is 4.90 Å². The van der Waals surface area contributed by atoms with Gasteiger partial charge < -0.3 is 10.0 Å². The molecular formula is C11H19N3OS. The highest BCUT2D eigenvalue weighted by Crippen LogP contribution is 2.15. The molecule has 0 radical (unpaired) electrons. The van der Waals surface area contributed by atoms with Crippen molar-refractivity contribution < 1.29 is 5.11 Å². The first-order valence-corrected chi connectivity index (χ1v) is 6.50. The molecule has 1 aliphatic rings. The van der Waals surface area contributed by atoms with Crippen LogP contribution in [0.4, 0.5) is 0 Å². The summed E-state index contributed by atoms with van der Waals surface area (Å²) in [4.78, 5) is 8.74. The van der Waals surface area contributed by atoms with Gasteiger partial charge in [0.2, 0.25) is 0 Å². The summed E-state index contributed by atoms with van der Waals surface area (Å²) in [6, 6.07) is 0.225. The summed E-state index contributed by atoms with van der Waals surface area (Å²) in [7, 11) is 4.19. The number of piperazine rings is 1. The second-order valence-electron chi connectivity index (χ2n) is 4.51. The number of hydrogen-bond acceptors (Lipinski definition) is 5. The first-order chi connectivity index (χ1) is 7.66. The van der Waals surface area contributed by atoms with Gasteiger partial charge in [0.1, 0.15) is 0 Å². The zero-order valence-corrected chi connectivity index (χ0v) is 10.7. The number of aliphatic hydroxyl groups is 1. The Morgan fingerprint density at radius 1 is 1.56 bits per heavy atom. The Balaban J connectivity index is 1.94. The van der Waals surface area contributed by atoms with Crippen LogP contribution in [0.1, 0.15) is 5.01 Å². The molecule has 0 spiro atoms. The van der Waals surface area contributed by atoms with Crippen molar-refractivity contribution in [1.82, 2.24) is 14.8 Å². The molecule has 16 heavy (non-hydrogen) atoms. The van der Waals surface area contributed by atoms with Gasteiger partial charge >= 0.3 is 0 Å². The lowest BCUT2D eigenvalue weighted by atomic mass is 10.0. The van der Waals surface area contributed by atoms with Gasteiger partial charge in [0.15, 0.2) is 0 Å². The van der Waals surface area contributed by atoms with Crippen LogP contribution in [0.5, 0.6) is 0 Å². The van der Waals surface area contributed by atoms with E-state index in [0.29, 0.717) is 6.42 Å². The van der Waals surface area contributed by atoms with Crippen molar-refractivity contribution in [2.24, 2.45) is 0 Å². The Morgan fingerprint density at radius 2 is 2.38 bits per heavy atom. The second-order valence-corrected chi connectivity index (χ2v) is 5.49. The van der Waals surface area contributed by atoms with Crippen LogP contribution in [-0.2, 0) is 6.42 Å². The van der Waals surface area contributed by atoms with Gasteiger partial charge in [-0.1, -0.05) is 0 Å². The van der Waals surface area contributed by atoms with Crippen LogP contribution in [0.25, 0.3) is 0 Å². The summed E-state index contributed by atoms with van der Waals surface area (Å²) in [6.45, 7) is 3.04. The van der Waals surface area contributed by atoms with E-state index in [9.17, 15) is 5.11 Å². The Kier molecular flexibility index (Phi) is 3.91. The highest BCUT2D eigenvalue weighted by atomic mass is 32.1. The fourth-order valence-corrected chi connectivity index (χ4v) is 2.80. The van der Waals surface area contributed by atoms with Gasteiger partial charge in [0.25, 0.3) is 0 Å². The molecule has 0 amide bonds. The molecule has 0 aromatic carbocycles. The zero-order valence-electron chi connectivity index (χ0n) is 9.83. The summed E-state index contributed by atoms with van der Waals surface area (Å²) >= 11 is 1.61. The fraction of sp³-hybridized carbons (Fsp3) is 0.727. The molecule has 0 saturated carbocycles. The van der Waals surface area contributed by atoms with E-state index >= 15 is 0 Å². The minimum Gasteiger partial charge on any atom is -0.391 e. The van der Waals surface area contributed by atoms with E-state index in [1.54, 1.807) is 17.5 Å². The number of aromatic nitrogens is 1. The lowest BCUT2D eigenvalue weighted by Crippen LogP contribution is -2.55. The van der Waals surface area contributed by atoms with E-state index in [2.05, 4.69) is 28.9 Å². The molecule has 2 heterocycles. The Morgan fingerprint density at radius 3 is 3.06 bits per heavy atom. The zero-order chi connectivity index (χ0) is 11.5. The first-order valence-electron chi connectivity index (χ1n) is 5.62. The van der Waals surface area contributed by atoms with Crippen molar-refractivity contribution in [2.45, 2.75) is 18.6 Å². The number of thiazole rings is 1. The lowest BCUT2D eigenvalue weighted by Gasteiger charge is -2.40. The average molecular weight is 241 g/mol. The van der Waals surface area contributed by atoms with Crippen LogP contribution in [0.15, 0.2) is 11.6 Å². The van der Waals surface area contributed by atoms with Crippen molar-refractivity contribution in [3.63, 3.8) is 0 Å². The lowest BCUT2D eigenvalue weighted by molar-refractivity contribution is 0.0153. The quantitative estimate of drug-likeness (QED) is 0.826. The number of aliphatic hydroxyl groups excluding tert-OH is 1. The normalized spacial score (nSPS) is 25.8. The molecule has 5 heteroatoms. The molecule has 2 atom stereocenters. The molecule has 2 rings (SSSR count). The monoisotopic (exact) mass is 241 g/mol. The molecule has 1 saturated heterocycles. The molecule has 90 valence electrons. The molecule has 0 bridgehead atoms. The molecular weight excluding hydrogens is 222 g/mol. The number of likely N-dealkylation sites (N-methyl/N-ethyl adjacent to an activating group) is 2. The molecule has 1 aliphatic heterocycles. The Bertz CT molecular complexity index is 317. The maximum atomic E-state index is 10.2. The van der Waals surface area contributed by atoms with Crippen molar-refractivity contribution in [3.8, 4) is 0 Å². The summed E-state index contributed by atoms with van der Waals surface area (Å²) in [6.07, 6.45) is 2.14. The average Bonchev–Trinajstić information content (AvgIpc) is 2.74. The molecule has 0 aliphatic carbocycles. The molecule has 4 nitrogen and oxygen atoms in total. The minimum atomic E-state index is -0.320. The molecule has 2 unspecified atom stereocenters. The van der Waals surface area contributed by atoms with Crippen LogP contribution >= 0.6 is 11.3 Å². The van der Waals surface area contributed by atoms with Gasteiger partial charge in [-0.15, -0.1) is 11.3 Å². The highest BCUT2D eigenvalue weighted by Gasteiger charge is 2.28. The Hall–Kier alpha value is -0.490. The largest absolute Gasteiger partial charge is 0.391 e. The van der Waals surface area contributed by atoms with Crippen LogP contribution in [0, 0.1) is 0 Å². The standard InChI is InChI=1S/C11H19N3OS/c1-13-4-5-14(2)9(8-13)10(15)7-11-12-3-6-16-11/h3,6,9-10,15H,4-5,7-8H2,1-2H3. The maximum absolute atomic E-state index is 10.2. The van der Waals surface area contributed by atoms with E-state index in [4.69, 9.17) is 0 Å². The van der Waals surface area contributed by atoms with E-state index in [1.165, 1.54) is 0 Å². The van der Waals surface area contributed by atoms with Gasteiger partial charge in [-0.25, -0.2) is 4.98 Å². The molecule has 1 aromatic heterocycles. The van der Waals surface area contributed by atoms with Crippen molar-refractivity contribution >= 4 is 11.3 Å². The second kappa shape index (κ2) is 5.23. The predicted octanol–water partition coefficient (Wildman–Crippen LogP) is 0.292. The van der Waals surface area contributed by atoms with E-state index in [0.717, 1.165) is 24.6 Å². The van der Waals surface area contributed by atoms with Crippen LogP contribution < -0.4 is 0 Å². The summed E-state index contributed by atoms with van der Waals surface area (Å²) < 4.78 is 0. The highest BCUT2D eigenvalue weighted by molar-refractivity contribution is 7.09. The van der Waals surface area contributed by atoms with Crippen LogP contribution in [-0.4, -0.2) is 65.8 Å². The summed E-state index contributed by atoms with van der Waals surface area (Å²) in [5.74, 6) is 0. The van der Waals surface area contributed by atoms with Gasteiger partial charge in [-0.2, -0.15) is 0 Å². The van der Waals surface area contributed by atoms with Crippen LogP contribution in [0.3, 0.4) is 0 Å². The van der Waals surface area contributed by atoms with Gasteiger partial charge in [-0.05, 0) is 14.1 Å². The predicted molar refractivity (Wildman–Crippen MR) is 65.7 cm³/mol. The minimum absolute atomic E-state index is 0.225. The third-order valence-corrected chi connectivity index (χ3v) is 4.01. The summed E-state index contributed by atoms with van der Waals surface area (Å²) in [5.41, 5.74) is 0. The van der Waals surface area contributed by atoms with E-state index in [-0.39, 0.29) is 12.1 Å². The topological polar surface area (TPSA) is 39.6 Å². The fourth-order valence-electron chi connectivity index (χ4n) is 2.13. The number of hydrogen-bond donors (Lipinski definition) is 1. The maximum Gasteiger partial charge on any atom is 0.0951 e. The molecule has 1 fully saturated rings. The molecule has 1 N–H and O–H groups in total. The van der Waals surface area contributed by atoms with Crippen molar-refractivity contribution in [2.75, 3.05) is 33.7 Å². The van der Waals surface area contributed by atoms with Gasteiger partial charge in [0.05, 0.1) is 11.1 Å². The van der Waals surface area contributed by atoms with Crippen molar-refractivity contribution in [1.29, 1.82) is 0 Å². The van der Waals surface area contributed by atoms with Gasteiger partial charge in [0, 0.05) is 43.7 Å². The number of nitrogens with zero attached hydrogens (tertiary/aromatic N) is 3. The Labute approximate surface area is 101 Å². The SMILES string of the molecule is CN1CCN(C)C(C(O)Cc2nccs2)C1. The van der Waals surface area contributed by atoms with Crippen LogP contribution in [0.2, 0.25) is 0 Å². The van der Waals surface area contributed by atoms with E-state index in [1.807, 2.05) is 5.38 Å². The smallest absolute Gasteiger partial charge is 0.0951 e. The third kappa shape index (κ3) is 2.79. The molecule has 1 aromatic rings. The third-order valence-electron chi connectivity index (χ3n) is 3.21. The number of rotatable bonds is 3. The summed E-state index contributed by atoms with van der Waals surface area (Å²) in [5, 5.41) is 13.2. The van der Waals surface area contributed by atoms with Crippen molar-refractivity contribution in [3.05, 3.63) is 16.6 Å².